The number of aromatic nitrogens is 2. The minimum absolute atomic E-state index is 0.0820. The third-order valence-electron chi connectivity index (χ3n) is 5.39. The molecule has 1 unspecified atom stereocenters. The van der Waals surface area contributed by atoms with Gasteiger partial charge in [-0.15, -0.1) is 11.3 Å². The van der Waals surface area contributed by atoms with Crippen molar-refractivity contribution < 1.29 is 9.32 Å². The fraction of sp³-hybridized carbons (Fsp3) is 0.350. The van der Waals surface area contributed by atoms with Crippen LogP contribution in [0.1, 0.15) is 51.9 Å². The molecule has 0 spiro atoms. The summed E-state index contributed by atoms with van der Waals surface area (Å²) in [6, 6.07) is 10.5. The van der Waals surface area contributed by atoms with Crippen LogP contribution in [0.2, 0.25) is 0 Å². The first kappa shape index (κ1) is 15.8. The number of piperidine rings is 1. The average Bonchev–Trinajstić information content (AvgIpc) is 3.37. The van der Waals surface area contributed by atoms with Crippen molar-refractivity contribution in [2.45, 2.75) is 38.1 Å². The van der Waals surface area contributed by atoms with Gasteiger partial charge in [0.1, 0.15) is 0 Å². The van der Waals surface area contributed by atoms with Gasteiger partial charge in [0.15, 0.2) is 5.82 Å². The van der Waals surface area contributed by atoms with E-state index in [1.54, 1.807) is 11.3 Å². The quantitative estimate of drug-likeness (QED) is 0.681. The minimum Gasteiger partial charge on any atom is -0.343 e. The molecule has 1 saturated heterocycles. The molecular formula is C20H19N3O2S. The molecule has 2 aliphatic rings. The molecule has 132 valence electrons. The van der Waals surface area contributed by atoms with Crippen molar-refractivity contribution in [2.75, 3.05) is 6.54 Å². The number of carbonyl (C=O) groups is 1. The highest BCUT2D eigenvalue weighted by atomic mass is 32.1. The third-order valence-corrected chi connectivity index (χ3v) is 6.58. The Morgan fingerprint density at radius 1 is 1.19 bits per heavy atom. The molecule has 1 aliphatic carbocycles. The van der Waals surface area contributed by atoms with Gasteiger partial charge in [-0.1, -0.05) is 29.4 Å². The van der Waals surface area contributed by atoms with Crippen molar-refractivity contribution in [3.63, 3.8) is 0 Å². The van der Waals surface area contributed by atoms with Gasteiger partial charge < -0.3 is 9.42 Å². The van der Waals surface area contributed by atoms with E-state index in [9.17, 15) is 4.79 Å². The van der Waals surface area contributed by atoms with Gasteiger partial charge in [-0.25, -0.2) is 0 Å². The van der Waals surface area contributed by atoms with Crippen LogP contribution in [-0.4, -0.2) is 27.5 Å². The zero-order valence-corrected chi connectivity index (χ0v) is 15.2. The van der Waals surface area contributed by atoms with Crippen LogP contribution in [0.15, 0.2) is 41.2 Å². The highest BCUT2D eigenvalue weighted by molar-refractivity contribution is 7.17. The third kappa shape index (κ3) is 2.56. The number of likely N-dealkylation sites (tertiary alicyclic amines) is 1. The van der Waals surface area contributed by atoms with Crippen molar-refractivity contribution >= 4 is 17.2 Å². The first-order chi connectivity index (χ1) is 12.8. The first-order valence-corrected chi connectivity index (χ1v) is 9.91. The lowest BCUT2D eigenvalue weighted by Crippen LogP contribution is -2.38. The van der Waals surface area contributed by atoms with Gasteiger partial charge in [0.25, 0.3) is 5.91 Å². The number of thiophene rings is 1. The number of rotatable bonds is 2. The van der Waals surface area contributed by atoms with Gasteiger partial charge in [0.05, 0.1) is 10.9 Å². The molecule has 0 bridgehead atoms. The predicted octanol–water partition coefficient (Wildman–Crippen LogP) is 4.26. The molecule has 1 fully saturated rings. The van der Waals surface area contributed by atoms with E-state index in [0.29, 0.717) is 5.82 Å². The van der Waals surface area contributed by atoms with Crippen molar-refractivity contribution in [3.05, 3.63) is 58.6 Å². The molecule has 3 aromatic rings. The minimum atomic E-state index is -0.0820. The normalized spacial score (nSPS) is 19.1. The molecule has 1 atom stereocenters. The fourth-order valence-electron chi connectivity index (χ4n) is 4.09. The Morgan fingerprint density at radius 3 is 2.96 bits per heavy atom. The highest BCUT2D eigenvalue weighted by Gasteiger charge is 2.33. The maximum atomic E-state index is 13.3. The van der Waals surface area contributed by atoms with E-state index in [4.69, 9.17) is 4.52 Å². The fourth-order valence-corrected chi connectivity index (χ4v) is 5.31. The number of aryl methyl sites for hydroxylation is 2. The SMILES string of the molecule is O=C(c1cc2c(s1)-c1ccccc1CC2)N1CCCCC1c1ncon1. The first-order valence-electron chi connectivity index (χ1n) is 9.09. The predicted molar refractivity (Wildman–Crippen MR) is 99.1 cm³/mol. The smallest absolute Gasteiger partial charge is 0.264 e. The number of hydrogen-bond acceptors (Lipinski definition) is 5. The molecule has 5 nitrogen and oxygen atoms in total. The van der Waals surface area contributed by atoms with Crippen LogP contribution in [0.5, 0.6) is 0 Å². The topological polar surface area (TPSA) is 59.2 Å². The van der Waals surface area contributed by atoms with Crippen molar-refractivity contribution in [1.29, 1.82) is 0 Å². The van der Waals surface area contributed by atoms with Crippen LogP contribution in [-0.2, 0) is 12.8 Å². The number of nitrogens with zero attached hydrogens (tertiary/aromatic N) is 3. The molecule has 0 N–H and O–H groups in total. The van der Waals surface area contributed by atoms with Gasteiger partial charge in [-0.05, 0) is 54.9 Å². The maximum absolute atomic E-state index is 13.3. The van der Waals surface area contributed by atoms with Crippen molar-refractivity contribution in [1.82, 2.24) is 15.0 Å². The molecule has 6 heteroatoms. The van der Waals surface area contributed by atoms with Gasteiger partial charge in [0.2, 0.25) is 6.39 Å². The molecule has 1 aromatic carbocycles. The molecule has 3 heterocycles. The molecular weight excluding hydrogens is 346 g/mol. The lowest BCUT2D eigenvalue weighted by Gasteiger charge is -2.33. The summed E-state index contributed by atoms with van der Waals surface area (Å²) in [4.78, 5) is 21.5. The van der Waals surface area contributed by atoms with Crippen LogP contribution in [0.25, 0.3) is 10.4 Å². The van der Waals surface area contributed by atoms with Crippen molar-refractivity contribution in [2.24, 2.45) is 0 Å². The standard InChI is InChI=1S/C20H19N3O2S/c24-20(23-10-4-3-7-16(23)19-21-12-25-22-19)17-11-14-9-8-13-5-1-2-6-15(13)18(14)26-17/h1-2,5-6,11-12,16H,3-4,7-10H2. The second kappa shape index (κ2) is 6.36. The highest BCUT2D eigenvalue weighted by Crippen LogP contribution is 2.41. The summed E-state index contributed by atoms with van der Waals surface area (Å²) in [6.07, 6.45) is 6.38. The molecule has 2 aromatic heterocycles. The Kier molecular flexibility index (Phi) is 3.85. The monoisotopic (exact) mass is 365 g/mol. The molecule has 0 radical (unpaired) electrons. The molecule has 26 heavy (non-hydrogen) atoms. The zero-order valence-electron chi connectivity index (χ0n) is 14.4. The zero-order chi connectivity index (χ0) is 17.5. The van der Waals surface area contributed by atoms with E-state index in [1.807, 2.05) is 4.90 Å². The van der Waals surface area contributed by atoms with Gasteiger partial charge >= 0.3 is 0 Å². The summed E-state index contributed by atoms with van der Waals surface area (Å²) >= 11 is 1.62. The summed E-state index contributed by atoms with van der Waals surface area (Å²) in [5.74, 6) is 0.709. The second-order valence-corrected chi connectivity index (χ2v) is 7.97. The van der Waals surface area contributed by atoms with Crippen LogP contribution in [0, 0.1) is 0 Å². The Labute approximate surface area is 155 Å². The molecule has 0 saturated carbocycles. The van der Waals surface area contributed by atoms with Gasteiger partial charge in [0, 0.05) is 11.4 Å². The van der Waals surface area contributed by atoms with Gasteiger partial charge in [-0.2, -0.15) is 4.98 Å². The van der Waals surface area contributed by atoms with Crippen LogP contribution >= 0.6 is 11.3 Å². The Balaban J connectivity index is 1.49. The number of carbonyl (C=O) groups excluding carboxylic acids is 1. The summed E-state index contributed by atoms with van der Waals surface area (Å²) in [7, 11) is 0. The maximum Gasteiger partial charge on any atom is 0.264 e. The summed E-state index contributed by atoms with van der Waals surface area (Å²) in [5.41, 5.74) is 3.96. The van der Waals surface area contributed by atoms with Crippen LogP contribution in [0.4, 0.5) is 0 Å². The largest absolute Gasteiger partial charge is 0.343 e. The second-order valence-electron chi connectivity index (χ2n) is 6.92. The number of amides is 1. The summed E-state index contributed by atoms with van der Waals surface area (Å²) < 4.78 is 4.91. The van der Waals surface area contributed by atoms with E-state index in [0.717, 1.165) is 43.5 Å². The lowest BCUT2D eigenvalue weighted by molar-refractivity contribution is 0.0602. The number of fused-ring (bicyclic) bond motifs is 3. The average molecular weight is 365 g/mol. The van der Waals surface area contributed by atoms with Crippen molar-refractivity contribution in [3.8, 4) is 10.4 Å². The van der Waals surface area contributed by atoms with E-state index >= 15 is 0 Å². The Bertz CT molecular complexity index is 948. The number of hydrogen-bond donors (Lipinski definition) is 0. The summed E-state index contributed by atoms with van der Waals surface area (Å²) in [5, 5.41) is 3.98. The lowest BCUT2D eigenvalue weighted by atomic mass is 9.91. The van der Waals surface area contributed by atoms with E-state index in [2.05, 4.69) is 40.5 Å². The summed E-state index contributed by atoms with van der Waals surface area (Å²) in [6.45, 7) is 0.747. The Morgan fingerprint density at radius 2 is 2.08 bits per heavy atom. The van der Waals surface area contributed by atoms with E-state index in [-0.39, 0.29) is 11.9 Å². The van der Waals surface area contributed by atoms with Crippen LogP contribution < -0.4 is 0 Å². The van der Waals surface area contributed by atoms with E-state index in [1.165, 1.54) is 28.0 Å². The number of benzene rings is 1. The van der Waals surface area contributed by atoms with Crippen LogP contribution in [0.3, 0.4) is 0 Å². The molecule has 1 aliphatic heterocycles. The molecule has 1 amide bonds. The van der Waals surface area contributed by atoms with E-state index < -0.39 is 0 Å². The molecule has 5 rings (SSSR count). The Hall–Kier alpha value is -2.47. The van der Waals surface area contributed by atoms with Gasteiger partial charge in [-0.3, -0.25) is 4.79 Å².